The van der Waals surface area contributed by atoms with Gasteiger partial charge in [0.1, 0.15) is 11.3 Å². The number of aryl methyl sites for hydroxylation is 1. The minimum absolute atomic E-state index is 0.0293. The maximum atomic E-state index is 13.0. The fourth-order valence-electron chi connectivity index (χ4n) is 3.06. The Labute approximate surface area is 173 Å². The molecule has 0 atom stereocenters. The molecular weight excluding hydrogens is 384 g/mol. The zero-order chi connectivity index (χ0) is 22.1. The first-order valence-electron chi connectivity index (χ1n) is 9.61. The second-order valence-corrected chi connectivity index (χ2v) is 7.81. The van der Waals surface area contributed by atoms with E-state index in [1.807, 2.05) is 24.3 Å². The third kappa shape index (κ3) is 4.22. The number of hydrogen-bond donors (Lipinski definition) is 1. The molecule has 0 saturated carbocycles. The van der Waals surface area contributed by atoms with Crippen LogP contribution in [-0.4, -0.2) is 32.1 Å². The Morgan fingerprint density at radius 2 is 1.87 bits per heavy atom. The number of nitrogens with one attached hydrogen (secondary N) is 1. The lowest BCUT2D eigenvalue weighted by atomic mass is 10.1. The van der Waals surface area contributed by atoms with Gasteiger partial charge in [-0.1, -0.05) is 24.3 Å². The van der Waals surface area contributed by atoms with Gasteiger partial charge in [0.25, 0.3) is 5.56 Å². The van der Waals surface area contributed by atoms with Gasteiger partial charge in [-0.3, -0.25) is 14.6 Å². The highest BCUT2D eigenvalue weighted by Crippen LogP contribution is 2.27. The molecule has 30 heavy (non-hydrogen) atoms. The number of anilines is 2. The summed E-state index contributed by atoms with van der Waals surface area (Å²) in [4.78, 5) is 42.5. The number of Topliss-reactive ketones (excluding diaryl/α,β-unsaturated/α-hetero) is 1. The number of aromatic nitrogens is 3. The molecule has 0 radical (unpaired) electrons. The van der Waals surface area contributed by atoms with Gasteiger partial charge in [-0.2, -0.15) is 5.10 Å². The summed E-state index contributed by atoms with van der Waals surface area (Å²) >= 11 is 0. The first kappa shape index (κ1) is 21.2. The summed E-state index contributed by atoms with van der Waals surface area (Å²) in [5, 5.41) is 8.83. The molecule has 8 heteroatoms. The zero-order valence-corrected chi connectivity index (χ0v) is 17.6. The van der Waals surface area contributed by atoms with Gasteiger partial charge in [0.05, 0.1) is 17.4 Å². The number of ether oxygens (including phenoxy) is 1. The van der Waals surface area contributed by atoms with E-state index >= 15 is 0 Å². The SMILES string of the molecule is CCn1nc(C(=O)OC(C)(C)C)c(C(C)=O)c(Nc2cncc3ccccc23)c1=O. The minimum atomic E-state index is -0.785. The van der Waals surface area contributed by atoms with Gasteiger partial charge in [0, 0.05) is 23.5 Å². The van der Waals surface area contributed by atoms with Gasteiger partial charge in [0.15, 0.2) is 11.5 Å². The Kier molecular flexibility index (Phi) is 5.69. The highest BCUT2D eigenvalue weighted by molar-refractivity contribution is 6.09. The van der Waals surface area contributed by atoms with E-state index in [0.717, 1.165) is 15.5 Å². The van der Waals surface area contributed by atoms with Gasteiger partial charge in [0.2, 0.25) is 0 Å². The van der Waals surface area contributed by atoms with Crippen molar-refractivity contribution < 1.29 is 14.3 Å². The van der Waals surface area contributed by atoms with Crippen LogP contribution in [0, 0.1) is 0 Å². The summed E-state index contributed by atoms with van der Waals surface area (Å²) in [5.74, 6) is -1.24. The van der Waals surface area contributed by atoms with Crippen LogP contribution < -0.4 is 10.9 Å². The largest absolute Gasteiger partial charge is 0.455 e. The molecular formula is C22H24N4O4. The number of hydrogen-bond acceptors (Lipinski definition) is 7. The van der Waals surface area contributed by atoms with E-state index in [2.05, 4.69) is 15.4 Å². The van der Waals surface area contributed by atoms with Gasteiger partial charge >= 0.3 is 5.97 Å². The Morgan fingerprint density at radius 1 is 1.17 bits per heavy atom. The summed E-state index contributed by atoms with van der Waals surface area (Å²) < 4.78 is 6.55. The maximum Gasteiger partial charge on any atom is 0.360 e. The molecule has 0 spiro atoms. The van der Waals surface area contributed by atoms with E-state index < -0.39 is 22.9 Å². The van der Waals surface area contributed by atoms with E-state index in [-0.39, 0.29) is 23.5 Å². The van der Waals surface area contributed by atoms with E-state index in [1.165, 1.54) is 6.92 Å². The third-order valence-electron chi connectivity index (χ3n) is 4.33. The van der Waals surface area contributed by atoms with Gasteiger partial charge in [-0.15, -0.1) is 0 Å². The number of pyridine rings is 1. The van der Waals surface area contributed by atoms with E-state index in [4.69, 9.17) is 4.74 Å². The Balaban J connectivity index is 2.24. The van der Waals surface area contributed by atoms with Crippen molar-refractivity contribution in [1.29, 1.82) is 0 Å². The van der Waals surface area contributed by atoms with Crippen LogP contribution in [0.15, 0.2) is 41.5 Å². The first-order chi connectivity index (χ1) is 14.1. The summed E-state index contributed by atoms with van der Waals surface area (Å²) in [6.45, 7) is 8.38. The molecule has 3 rings (SSSR count). The predicted molar refractivity (Wildman–Crippen MR) is 114 cm³/mol. The topological polar surface area (TPSA) is 103 Å². The van der Waals surface area contributed by atoms with Crippen LogP contribution in [0.4, 0.5) is 11.4 Å². The van der Waals surface area contributed by atoms with Crippen molar-refractivity contribution in [3.05, 3.63) is 58.3 Å². The number of ketones is 1. The van der Waals surface area contributed by atoms with Crippen LogP contribution in [0.3, 0.4) is 0 Å². The number of nitrogens with zero attached hydrogens (tertiary/aromatic N) is 3. The monoisotopic (exact) mass is 408 g/mol. The van der Waals surface area contributed by atoms with Gasteiger partial charge in [-0.05, 0) is 34.6 Å². The molecule has 2 aromatic heterocycles. The number of carbonyl (C=O) groups excluding carboxylic acids is 2. The third-order valence-corrected chi connectivity index (χ3v) is 4.33. The molecule has 0 amide bonds. The van der Waals surface area contributed by atoms with Crippen molar-refractivity contribution in [3.8, 4) is 0 Å². The number of benzene rings is 1. The molecule has 2 heterocycles. The second kappa shape index (κ2) is 8.06. The summed E-state index contributed by atoms with van der Waals surface area (Å²) in [7, 11) is 0. The molecule has 0 aliphatic heterocycles. The van der Waals surface area contributed by atoms with Crippen molar-refractivity contribution in [2.45, 2.75) is 46.8 Å². The molecule has 0 unspecified atom stereocenters. The number of fused-ring (bicyclic) bond motifs is 1. The highest BCUT2D eigenvalue weighted by atomic mass is 16.6. The molecule has 1 N–H and O–H groups in total. The first-order valence-corrected chi connectivity index (χ1v) is 9.61. The zero-order valence-electron chi connectivity index (χ0n) is 17.6. The van der Waals surface area contributed by atoms with Crippen molar-refractivity contribution in [3.63, 3.8) is 0 Å². The number of esters is 1. The summed E-state index contributed by atoms with van der Waals surface area (Å²) in [6.07, 6.45) is 3.27. The lowest BCUT2D eigenvalue weighted by Gasteiger charge is -2.21. The van der Waals surface area contributed by atoms with Crippen molar-refractivity contribution in [1.82, 2.24) is 14.8 Å². The lowest BCUT2D eigenvalue weighted by Crippen LogP contribution is -2.33. The normalized spacial score (nSPS) is 11.4. The summed E-state index contributed by atoms with van der Waals surface area (Å²) in [5.41, 5.74) is -1.09. The molecule has 0 saturated heterocycles. The molecule has 3 aromatic rings. The van der Waals surface area contributed by atoms with Crippen LogP contribution in [0.5, 0.6) is 0 Å². The summed E-state index contributed by atoms with van der Waals surface area (Å²) in [6, 6.07) is 7.51. The molecule has 0 aliphatic rings. The Morgan fingerprint density at radius 3 is 2.50 bits per heavy atom. The van der Waals surface area contributed by atoms with E-state index in [9.17, 15) is 14.4 Å². The standard InChI is InChI=1S/C22H24N4O4/c1-6-26-20(28)18(24-16-12-23-11-14-9-7-8-10-15(14)16)17(13(2)27)19(25-26)21(29)30-22(3,4)5/h7-12,24H,6H2,1-5H3. The van der Waals surface area contributed by atoms with E-state index in [0.29, 0.717) is 5.69 Å². The second-order valence-electron chi connectivity index (χ2n) is 7.81. The smallest absolute Gasteiger partial charge is 0.360 e. The van der Waals surface area contributed by atoms with Crippen LogP contribution >= 0.6 is 0 Å². The molecule has 0 bridgehead atoms. The fraction of sp³-hybridized carbons (Fsp3) is 0.318. The van der Waals surface area contributed by atoms with Crippen molar-refractivity contribution >= 4 is 33.9 Å². The van der Waals surface area contributed by atoms with Gasteiger partial charge in [-0.25, -0.2) is 9.48 Å². The molecule has 8 nitrogen and oxygen atoms in total. The Hall–Kier alpha value is -3.55. The van der Waals surface area contributed by atoms with Crippen molar-refractivity contribution in [2.24, 2.45) is 0 Å². The fourth-order valence-corrected chi connectivity index (χ4v) is 3.06. The minimum Gasteiger partial charge on any atom is -0.455 e. The quantitative estimate of drug-likeness (QED) is 0.507. The van der Waals surface area contributed by atoms with Crippen LogP contribution in [0.25, 0.3) is 10.8 Å². The van der Waals surface area contributed by atoms with Gasteiger partial charge < -0.3 is 10.1 Å². The average Bonchev–Trinajstić information content (AvgIpc) is 2.67. The molecule has 156 valence electrons. The predicted octanol–water partition coefficient (Wildman–Crippen LogP) is 3.71. The van der Waals surface area contributed by atoms with Crippen LogP contribution in [0.2, 0.25) is 0 Å². The molecule has 1 aromatic carbocycles. The van der Waals surface area contributed by atoms with E-state index in [1.54, 1.807) is 40.1 Å². The molecule has 0 fully saturated rings. The molecule has 0 aliphatic carbocycles. The average molecular weight is 408 g/mol. The lowest BCUT2D eigenvalue weighted by molar-refractivity contribution is 0.00582. The number of rotatable bonds is 5. The highest BCUT2D eigenvalue weighted by Gasteiger charge is 2.29. The van der Waals surface area contributed by atoms with Crippen LogP contribution in [-0.2, 0) is 11.3 Å². The Bertz CT molecular complexity index is 1190. The van der Waals surface area contributed by atoms with Crippen molar-refractivity contribution in [2.75, 3.05) is 5.32 Å². The maximum absolute atomic E-state index is 13.0. The van der Waals surface area contributed by atoms with Crippen LogP contribution in [0.1, 0.15) is 55.5 Å². The number of carbonyl (C=O) groups is 2.